The van der Waals surface area contributed by atoms with Crippen molar-refractivity contribution in [2.24, 2.45) is 5.73 Å². The van der Waals surface area contributed by atoms with Gasteiger partial charge in [0.15, 0.2) is 0 Å². The van der Waals surface area contributed by atoms with E-state index >= 15 is 0 Å². The molecule has 0 unspecified atom stereocenters. The maximum absolute atomic E-state index is 11.8. The van der Waals surface area contributed by atoms with Gasteiger partial charge in [-0.2, -0.15) is 0 Å². The molecule has 24 heavy (non-hydrogen) atoms. The fourth-order valence-electron chi connectivity index (χ4n) is 2.79. The average molecular weight is 345 g/mol. The number of amides is 2. The summed E-state index contributed by atoms with van der Waals surface area (Å²) >= 11 is 6.19. The molecular weight excluding hydrogens is 328 g/mol. The van der Waals surface area contributed by atoms with Gasteiger partial charge in [0.2, 0.25) is 11.8 Å². The van der Waals surface area contributed by atoms with E-state index in [1.54, 1.807) is 0 Å². The molecule has 1 saturated heterocycles. The molecule has 1 aliphatic heterocycles. The molecule has 1 fully saturated rings. The van der Waals surface area contributed by atoms with Gasteiger partial charge in [0.1, 0.15) is 5.82 Å². The molecule has 2 heterocycles. The van der Waals surface area contributed by atoms with E-state index in [1.807, 2.05) is 30.3 Å². The van der Waals surface area contributed by atoms with Gasteiger partial charge in [0.25, 0.3) is 0 Å². The van der Waals surface area contributed by atoms with Crippen molar-refractivity contribution in [3.05, 3.63) is 58.7 Å². The molecule has 0 spiro atoms. The fraction of sp³-hybridized carbons (Fsp3) is 0.235. The highest BCUT2D eigenvalue weighted by molar-refractivity contribution is 6.33. The van der Waals surface area contributed by atoms with E-state index in [4.69, 9.17) is 17.3 Å². The predicted molar refractivity (Wildman–Crippen MR) is 91.7 cm³/mol. The van der Waals surface area contributed by atoms with Gasteiger partial charge < -0.3 is 16.4 Å². The Morgan fingerprint density at radius 2 is 2.08 bits per heavy atom. The fourth-order valence-corrected chi connectivity index (χ4v) is 3.01. The molecule has 2 aromatic rings. The molecule has 3 rings (SSSR count). The molecule has 1 aliphatic rings. The first-order valence-corrected chi connectivity index (χ1v) is 7.98. The van der Waals surface area contributed by atoms with Gasteiger partial charge in [-0.1, -0.05) is 41.9 Å². The number of carbonyl (C=O) groups is 2. The van der Waals surface area contributed by atoms with E-state index in [2.05, 4.69) is 15.6 Å². The molecule has 124 valence electrons. The number of nitrogens with one attached hydrogen (secondary N) is 2. The third-order valence-electron chi connectivity index (χ3n) is 4.01. The van der Waals surface area contributed by atoms with E-state index in [0.717, 1.165) is 5.56 Å². The van der Waals surface area contributed by atoms with Gasteiger partial charge in [-0.05, 0) is 18.1 Å². The molecule has 0 saturated carbocycles. The highest BCUT2D eigenvalue weighted by atomic mass is 35.5. The number of benzene rings is 1. The highest BCUT2D eigenvalue weighted by Crippen LogP contribution is 2.29. The van der Waals surface area contributed by atoms with Gasteiger partial charge in [-0.25, -0.2) is 4.98 Å². The number of pyridine rings is 1. The van der Waals surface area contributed by atoms with Crippen LogP contribution in [0.5, 0.6) is 0 Å². The van der Waals surface area contributed by atoms with Crippen molar-refractivity contribution in [1.29, 1.82) is 0 Å². The standard InChI is InChI=1S/C17H17ClN4O2/c18-12-8-11(16(19)24)9-20-17(12)21-13-6-7-14(23)22-15(13)10-4-2-1-3-5-10/h1-5,8-9,13,15H,6-7H2,(H2,19,24)(H,20,21)(H,22,23)/t13-,15+/m1/s1. The number of hydrogen-bond acceptors (Lipinski definition) is 4. The largest absolute Gasteiger partial charge is 0.366 e. The lowest BCUT2D eigenvalue weighted by Crippen LogP contribution is -2.45. The van der Waals surface area contributed by atoms with E-state index < -0.39 is 5.91 Å². The Balaban J connectivity index is 1.84. The SMILES string of the molecule is NC(=O)c1cnc(N[C@@H]2CCC(=O)N[C@H]2c2ccccc2)c(Cl)c1. The van der Waals surface area contributed by atoms with E-state index in [-0.39, 0.29) is 23.6 Å². The summed E-state index contributed by atoms with van der Waals surface area (Å²) in [4.78, 5) is 27.2. The Morgan fingerprint density at radius 3 is 2.75 bits per heavy atom. The molecule has 0 aliphatic carbocycles. The number of nitrogens with two attached hydrogens (primary N) is 1. The van der Waals surface area contributed by atoms with Gasteiger partial charge in [-0.15, -0.1) is 0 Å². The molecule has 1 aromatic heterocycles. The second-order valence-corrected chi connectivity index (χ2v) is 6.07. The minimum absolute atomic E-state index is 0.0186. The van der Waals surface area contributed by atoms with Crippen LogP contribution in [0, 0.1) is 0 Å². The van der Waals surface area contributed by atoms with Crippen LogP contribution in [-0.4, -0.2) is 22.8 Å². The molecule has 1 aromatic carbocycles. The third-order valence-corrected chi connectivity index (χ3v) is 4.30. The number of aromatic nitrogens is 1. The van der Waals surface area contributed by atoms with E-state index in [9.17, 15) is 9.59 Å². The summed E-state index contributed by atoms with van der Waals surface area (Å²) in [6.07, 6.45) is 2.47. The second kappa shape index (κ2) is 6.88. The minimum Gasteiger partial charge on any atom is -0.366 e. The Bertz CT molecular complexity index is 766. The number of nitrogens with zero attached hydrogens (tertiary/aromatic N) is 1. The first-order valence-electron chi connectivity index (χ1n) is 7.61. The van der Waals surface area contributed by atoms with Crippen molar-refractivity contribution in [3.8, 4) is 0 Å². The van der Waals surface area contributed by atoms with E-state index in [1.165, 1.54) is 12.3 Å². The Morgan fingerprint density at radius 1 is 1.33 bits per heavy atom. The van der Waals surface area contributed by atoms with Crippen molar-refractivity contribution in [2.75, 3.05) is 5.32 Å². The Hall–Kier alpha value is -2.60. The van der Waals surface area contributed by atoms with Crippen molar-refractivity contribution in [2.45, 2.75) is 24.9 Å². The van der Waals surface area contributed by atoms with Crippen molar-refractivity contribution < 1.29 is 9.59 Å². The van der Waals surface area contributed by atoms with Crippen LogP contribution >= 0.6 is 11.6 Å². The Kier molecular flexibility index (Phi) is 4.66. The van der Waals surface area contributed by atoms with Crippen LogP contribution in [0.1, 0.15) is 34.8 Å². The first-order chi connectivity index (χ1) is 11.5. The number of hydrogen-bond donors (Lipinski definition) is 3. The summed E-state index contributed by atoms with van der Waals surface area (Å²) in [6.45, 7) is 0. The van der Waals surface area contributed by atoms with Crippen LogP contribution in [-0.2, 0) is 4.79 Å². The normalized spacial score (nSPS) is 20.3. The number of piperidine rings is 1. The zero-order valence-electron chi connectivity index (χ0n) is 12.8. The van der Waals surface area contributed by atoms with Crippen LogP contribution in [0.3, 0.4) is 0 Å². The van der Waals surface area contributed by atoms with Crippen LogP contribution < -0.4 is 16.4 Å². The zero-order chi connectivity index (χ0) is 17.1. The maximum atomic E-state index is 11.8. The molecule has 2 amide bonds. The molecule has 4 N–H and O–H groups in total. The van der Waals surface area contributed by atoms with Crippen molar-refractivity contribution in [3.63, 3.8) is 0 Å². The van der Waals surface area contributed by atoms with Gasteiger partial charge in [0, 0.05) is 12.6 Å². The van der Waals surface area contributed by atoms with Crippen molar-refractivity contribution in [1.82, 2.24) is 10.3 Å². The van der Waals surface area contributed by atoms with E-state index in [0.29, 0.717) is 23.7 Å². The third kappa shape index (κ3) is 3.49. The predicted octanol–water partition coefficient (Wildman–Crippen LogP) is 2.27. The second-order valence-electron chi connectivity index (χ2n) is 5.66. The van der Waals surface area contributed by atoms with Gasteiger partial charge in [0.05, 0.1) is 22.7 Å². The number of halogens is 1. The molecule has 6 nitrogen and oxygen atoms in total. The van der Waals surface area contributed by atoms with Crippen LogP contribution in [0.2, 0.25) is 5.02 Å². The number of carbonyl (C=O) groups excluding carboxylic acids is 2. The highest BCUT2D eigenvalue weighted by Gasteiger charge is 2.30. The van der Waals surface area contributed by atoms with Gasteiger partial charge >= 0.3 is 0 Å². The summed E-state index contributed by atoms with van der Waals surface area (Å²) < 4.78 is 0. The number of primary amides is 1. The summed E-state index contributed by atoms with van der Waals surface area (Å²) in [5.74, 6) is -0.100. The monoisotopic (exact) mass is 344 g/mol. The average Bonchev–Trinajstić information content (AvgIpc) is 2.58. The summed E-state index contributed by atoms with van der Waals surface area (Å²) in [6, 6.07) is 11.0. The van der Waals surface area contributed by atoms with Crippen molar-refractivity contribution >= 4 is 29.2 Å². The molecule has 2 atom stereocenters. The van der Waals surface area contributed by atoms with Gasteiger partial charge in [-0.3, -0.25) is 9.59 Å². The summed E-state index contributed by atoms with van der Waals surface area (Å²) in [7, 11) is 0. The summed E-state index contributed by atoms with van der Waals surface area (Å²) in [5, 5.41) is 6.59. The van der Waals surface area contributed by atoms with Crippen LogP contribution in [0.4, 0.5) is 5.82 Å². The lowest BCUT2D eigenvalue weighted by molar-refractivity contribution is -0.123. The topological polar surface area (TPSA) is 97.1 Å². The zero-order valence-corrected chi connectivity index (χ0v) is 13.6. The summed E-state index contributed by atoms with van der Waals surface area (Å²) in [5.41, 5.74) is 6.48. The molecule has 0 bridgehead atoms. The maximum Gasteiger partial charge on any atom is 0.250 e. The van der Waals surface area contributed by atoms with Crippen LogP contribution in [0.25, 0.3) is 0 Å². The lowest BCUT2D eigenvalue weighted by Gasteiger charge is -2.33. The smallest absolute Gasteiger partial charge is 0.250 e. The molecule has 7 heteroatoms. The lowest BCUT2D eigenvalue weighted by atomic mass is 9.92. The minimum atomic E-state index is -0.581. The van der Waals surface area contributed by atoms with Crippen LogP contribution in [0.15, 0.2) is 42.6 Å². The number of rotatable bonds is 4. The molecular formula is C17H17ClN4O2. The Labute approximate surface area is 144 Å². The first kappa shape index (κ1) is 16.3. The molecule has 0 radical (unpaired) electrons. The number of anilines is 1. The quantitative estimate of drug-likeness (QED) is 0.792.